The molecule has 7 nitrogen and oxygen atoms in total. The number of fused-ring (bicyclic) bond motifs is 2. The summed E-state index contributed by atoms with van der Waals surface area (Å²) in [6, 6.07) is 14.0. The number of nitrogens with zero attached hydrogens (tertiary/aromatic N) is 1. The van der Waals surface area contributed by atoms with Crippen molar-refractivity contribution in [1.82, 2.24) is 4.90 Å². The van der Waals surface area contributed by atoms with Crippen molar-refractivity contribution in [3.63, 3.8) is 0 Å². The van der Waals surface area contributed by atoms with E-state index in [0.717, 1.165) is 0 Å². The highest BCUT2D eigenvalue weighted by molar-refractivity contribution is 6.31. The van der Waals surface area contributed by atoms with Crippen molar-refractivity contribution in [2.24, 2.45) is 0 Å². The maximum Gasteiger partial charge on any atom is 0.337 e. The molecule has 3 heterocycles. The van der Waals surface area contributed by atoms with Gasteiger partial charge in [0.2, 0.25) is 5.76 Å². The van der Waals surface area contributed by atoms with E-state index in [-0.39, 0.29) is 28.9 Å². The zero-order valence-corrected chi connectivity index (χ0v) is 17.6. The van der Waals surface area contributed by atoms with Gasteiger partial charge in [-0.3, -0.25) is 9.59 Å². The quantitative estimate of drug-likeness (QED) is 0.424. The van der Waals surface area contributed by atoms with Gasteiger partial charge in [-0.2, -0.15) is 0 Å². The molecule has 4 aromatic rings. The highest BCUT2D eigenvalue weighted by atomic mass is 35.5. The zero-order chi connectivity index (χ0) is 22.4. The van der Waals surface area contributed by atoms with E-state index in [0.29, 0.717) is 27.3 Å². The van der Waals surface area contributed by atoms with Crippen molar-refractivity contribution in [2.75, 3.05) is 7.11 Å². The van der Waals surface area contributed by atoms with Gasteiger partial charge in [0.05, 0.1) is 42.5 Å². The van der Waals surface area contributed by atoms with Gasteiger partial charge in [-0.1, -0.05) is 23.7 Å². The molecular weight excluding hydrogens is 434 g/mol. The van der Waals surface area contributed by atoms with Gasteiger partial charge in [0.15, 0.2) is 5.43 Å². The highest BCUT2D eigenvalue weighted by Crippen LogP contribution is 2.39. The molecule has 0 unspecified atom stereocenters. The number of carbonyl (C=O) groups is 2. The normalized spacial score (nSPS) is 15.2. The first-order chi connectivity index (χ1) is 15.5. The molecule has 160 valence electrons. The lowest BCUT2D eigenvalue weighted by Crippen LogP contribution is -2.29. The number of hydrogen-bond donors (Lipinski definition) is 0. The van der Waals surface area contributed by atoms with Gasteiger partial charge in [-0.25, -0.2) is 4.79 Å². The Bertz CT molecular complexity index is 1410. The average Bonchev–Trinajstić information content (AvgIpc) is 3.41. The molecule has 8 heteroatoms. The fourth-order valence-electron chi connectivity index (χ4n) is 3.99. The first-order valence-electron chi connectivity index (χ1n) is 9.76. The number of amides is 1. The number of halogens is 1. The highest BCUT2D eigenvalue weighted by Gasteiger charge is 2.43. The van der Waals surface area contributed by atoms with Gasteiger partial charge in [-0.05, 0) is 48.0 Å². The van der Waals surface area contributed by atoms with Gasteiger partial charge < -0.3 is 18.5 Å². The molecule has 2 aromatic carbocycles. The molecule has 1 amide bonds. The van der Waals surface area contributed by atoms with E-state index in [4.69, 9.17) is 25.2 Å². The van der Waals surface area contributed by atoms with Crippen LogP contribution in [0.4, 0.5) is 0 Å². The Labute approximate surface area is 186 Å². The average molecular weight is 450 g/mol. The summed E-state index contributed by atoms with van der Waals surface area (Å²) in [5, 5.41) is 0.681. The van der Waals surface area contributed by atoms with E-state index < -0.39 is 17.9 Å². The molecule has 0 saturated heterocycles. The minimum Gasteiger partial charge on any atom is -0.467 e. The van der Waals surface area contributed by atoms with Crippen molar-refractivity contribution in [3.8, 4) is 0 Å². The zero-order valence-electron chi connectivity index (χ0n) is 16.8. The van der Waals surface area contributed by atoms with E-state index in [1.54, 1.807) is 48.5 Å². The monoisotopic (exact) mass is 449 g/mol. The predicted octanol–water partition coefficient (Wildman–Crippen LogP) is 4.57. The van der Waals surface area contributed by atoms with Gasteiger partial charge in [0.1, 0.15) is 11.3 Å². The second-order valence-electron chi connectivity index (χ2n) is 7.34. The van der Waals surface area contributed by atoms with Crippen molar-refractivity contribution in [1.29, 1.82) is 0 Å². The Morgan fingerprint density at radius 2 is 1.91 bits per heavy atom. The third-order valence-corrected chi connectivity index (χ3v) is 5.72. The Morgan fingerprint density at radius 3 is 2.59 bits per heavy atom. The van der Waals surface area contributed by atoms with E-state index in [9.17, 15) is 14.4 Å². The molecule has 2 aromatic heterocycles. The van der Waals surface area contributed by atoms with Crippen molar-refractivity contribution < 1.29 is 23.2 Å². The number of benzene rings is 2. The van der Waals surface area contributed by atoms with Gasteiger partial charge in [0, 0.05) is 5.02 Å². The molecule has 0 radical (unpaired) electrons. The van der Waals surface area contributed by atoms with Crippen LogP contribution in [0.15, 0.2) is 74.5 Å². The number of ether oxygens (including phenoxy) is 1. The lowest BCUT2D eigenvalue weighted by Gasteiger charge is -2.24. The van der Waals surface area contributed by atoms with Gasteiger partial charge >= 0.3 is 5.97 Å². The van der Waals surface area contributed by atoms with Crippen LogP contribution in [0.25, 0.3) is 11.0 Å². The van der Waals surface area contributed by atoms with Crippen LogP contribution in [0.2, 0.25) is 5.02 Å². The van der Waals surface area contributed by atoms with Crippen LogP contribution in [0.3, 0.4) is 0 Å². The first kappa shape index (κ1) is 20.1. The van der Waals surface area contributed by atoms with E-state index in [1.165, 1.54) is 24.3 Å². The fourth-order valence-corrected chi connectivity index (χ4v) is 4.16. The van der Waals surface area contributed by atoms with Crippen LogP contribution in [-0.2, 0) is 11.3 Å². The first-order valence-corrected chi connectivity index (χ1v) is 10.1. The third-order valence-electron chi connectivity index (χ3n) is 5.48. The van der Waals surface area contributed by atoms with Crippen molar-refractivity contribution >= 4 is 34.4 Å². The second kappa shape index (κ2) is 7.69. The minimum absolute atomic E-state index is 0.0153. The van der Waals surface area contributed by atoms with Crippen LogP contribution in [0.1, 0.15) is 43.8 Å². The van der Waals surface area contributed by atoms with Crippen LogP contribution in [-0.4, -0.2) is 23.9 Å². The number of esters is 1. The summed E-state index contributed by atoms with van der Waals surface area (Å²) in [5.74, 6) is -0.361. The molecule has 0 spiro atoms. The number of hydrogen-bond acceptors (Lipinski definition) is 6. The number of furan rings is 1. The van der Waals surface area contributed by atoms with Gasteiger partial charge in [0.25, 0.3) is 5.91 Å². The van der Waals surface area contributed by atoms with Crippen LogP contribution >= 0.6 is 11.6 Å². The molecule has 0 bridgehead atoms. The summed E-state index contributed by atoms with van der Waals surface area (Å²) in [4.78, 5) is 40.2. The van der Waals surface area contributed by atoms with Crippen LogP contribution in [0.5, 0.6) is 0 Å². The van der Waals surface area contributed by atoms with Crippen LogP contribution in [0, 0.1) is 0 Å². The number of methoxy groups -OCH3 is 1. The molecule has 32 heavy (non-hydrogen) atoms. The molecule has 0 saturated carbocycles. The molecule has 1 atom stereocenters. The Kier molecular flexibility index (Phi) is 4.83. The lowest BCUT2D eigenvalue weighted by atomic mass is 9.97. The maximum absolute atomic E-state index is 13.5. The van der Waals surface area contributed by atoms with Crippen molar-refractivity contribution in [2.45, 2.75) is 12.6 Å². The summed E-state index contributed by atoms with van der Waals surface area (Å²) >= 11 is 6.09. The molecule has 5 rings (SSSR count). The van der Waals surface area contributed by atoms with Gasteiger partial charge in [-0.15, -0.1) is 0 Å². The minimum atomic E-state index is -0.728. The lowest BCUT2D eigenvalue weighted by molar-refractivity contribution is 0.0599. The largest absolute Gasteiger partial charge is 0.467 e. The Hall–Kier alpha value is -3.84. The molecule has 0 aliphatic carbocycles. The molecule has 0 fully saturated rings. The fraction of sp³-hybridized carbons (Fsp3) is 0.125. The number of carbonyl (C=O) groups excluding carboxylic acids is 2. The van der Waals surface area contributed by atoms with E-state index >= 15 is 0 Å². The molecule has 1 aliphatic rings. The third kappa shape index (κ3) is 3.18. The Morgan fingerprint density at radius 1 is 1.12 bits per heavy atom. The topological polar surface area (TPSA) is 90.0 Å². The van der Waals surface area contributed by atoms with Crippen LogP contribution < -0.4 is 5.43 Å². The summed E-state index contributed by atoms with van der Waals surface area (Å²) in [5.41, 5.74) is 1.18. The SMILES string of the molecule is COC(=O)c1ccc([C@H]2c3c(oc4ccc(Cl)cc4c3=O)C(=O)N2Cc2ccco2)cc1. The summed E-state index contributed by atoms with van der Waals surface area (Å²) < 4.78 is 16.1. The van der Waals surface area contributed by atoms with Crippen molar-refractivity contribution in [3.05, 3.63) is 104 Å². The summed E-state index contributed by atoms with van der Waals surface area (Å²) in [6.07, 6.45) is 1.52. The molecule has 1 aliphatic heterocycles. The second-order valence-corrected chi connectivity index (χ2v) is 7.78. The molecular formula is C24H16ClNO6. The predicted molar refractivity (Wildman–Crippen MR) is 116 cm³/mol. The summed E-state index contributed by atoms with van der Waals surface area (Å²) in [6.45, 7) is 0.135. The maximum atomic E-state index is 13.5. The Balaban J connectivity index is 1.70. The van der Waals surface area contributed by atoms with E-state index in [1.807, 2.05) is 0 Å². The molecule has 0 N–H and O–H groups in total. The summed E-state index contributed by atoms with van der Waals surface area (Å²) in [7, 11) is 1.30. The smallest absolute Gasteiger partial charge is 0.337 e. The number of rotatable bonds is 4. The van der Waals surface area contributed by atoms with E-state index in [2.05, 4.69) is 0 Å². The standard InChI is InChI=1S/C24H16ClNO6/c1-30-24(29)14-6-4-13(5-7-14)20-19-21(27)17-11-15(25)8-9-18(17)32-22(19)23(28)26(20)12-16-3-2-10-31-16/h2-11,20H,12H2,1H3/t20-/m0/s1.